The van der Waals surface area contributed by atoms with Gasteiger partial charge in [-0.2, -0.15) is 13.2 Å². The van der Waals surface area contributed by atoms with Crippen LogP contribution in [0, 0.1) is 0 Å². The first kappa shape index (κ1) is 19.2. The molecule has 8 heteroatoms. The van der Waals surface area contributed by atoms with E-state index in [1.807, 2.05) is 24.3 Å². The lowest BCUT2D eigenvalue weighted by Crippen LogP contribution is -2.10. The second kappa shape index (κ2) is 7.99. The monoisotopic (exact) mass is 385 g/mol. The highest BCUT2D eigenvalue weighted by Gasteiger charge is 2.30. The Morgan fingerprint density at radius 2 is 1.68 bits per heavy atom. The van der Waals surface area contributed by atoms with E-state index in [1.54, 1.807) is 12.1 Å². The standard InChI is InChI=1S/C20H18F3N5/c1-13(28-17-4-2-3-15(10-17)20(21,22)23)27-16-7-5-14(6-8-16)9-18-11-19(24)26-12-25-18/h2-8,10-12,27-28H,1,9H2,(H2,24,25,26). The molecule has 5 nitrogen and oxygen atoms in total. The number of nitrogens with zero attached hydrogens (tertiary/aromatic N) is 2. The predicted molar refractivity (Wildman–Crippen MR) is 104 cm³/mol. The van der Waals surface area contributed by atoms with Gasteiger partial charge in [0.15, 0.2) is 0 Å². The SMILES string of the molecule is C=C(Nc1ccc(Cc2cc(N)ncn2)cc1)Nc1cccc(C(F)(F)F)c1. The lowest BCUT2D eigenvalue weighted by Gasteiger charge is -2.14. The van der Waals surface area contributed by atoms with Crippen molar-refractivity contribution in [3.63, 3.8) is 0 Å². The molecule has 3 aromatic rings. The van der Waals surface area contributed by atoms with Crippen molar-refractivity contribution < 1.29 is 13.2 Å². The van der Waals surface area contributed by atoms with Crippen molar-refractivity contribution in [2.75, 3.05) is 16.4 Å². The van der Waals surface area contributed by atoms with Crippen LogP contribution in [0.5, 0.6) is 0 Å². The minimum Gasteiger partial charge on any atom is -0.384 e. The smallest absolute Gasteiger partial charge is 0.384 e. The van der Waals surface area contributed by atoms with Crippen LogP contribution in [0.25, 0.3) is 0 Å². The second-order valence-electron chi connectivity index (χ2n) is 6.12. The fraction of sp³-hybridized carbons (Fsp3) is 0.100. The molecule has 0 atom stereocenters. The minimum absolute atomic E-state index is 0.297. The molecule has 0 saturated carbocycles. The fourth-order valence-corrected chi connectivity index (χ4v) is 2.58. The molecular weight excluding hydrogens is 367 g/mol. The third-order valence-electron chi connectivity index (χ3n) is 3.86. The molecule has 2 aromatic carbocycles. The Morgan fingerprint density at radius 3 is 2.36 bits per heavy atom. The van der Waals surface area contributed by atoms with Gasteiger partial charge in [0, 0.05) is 23.9 Å². The molecule has 0 spiro atoms. The maximum absolute atomic E-state index is 12.8. The molecule has 4 N–H and O–H groups in total. The number of nitrogen functional groups attached to an aromatic ring is 1. The Bertz CT molecular complexity index is 968. The van der Waals surface area contributed by atoms with Crippen LogP contribution in [-0.4, -0.2) is 9.97 Å². The zero-order valence-corrected chi connectivity index (χ0v) is 14.8. The first-order chi connectivity index (χ1) is 13.3. The van der Waals surface area contributed by atoms with Crippen LogP contribution < -0.4 is 16.4 Å². The summed E-state index contributed by atoms with van der Waals surface area (Å²) in [6, 6.07) is 14.2. The van der Waals surface area contributed by atoms with Gasteiger partial charge in [-0.15, -0.1) is 0 Å². The van der Waals surface area contributed by atoms with Crippen molar-refractivity contribution in [1.29, 1.82) is 0 Å². The Hall–Kier alpha value is -3.55. The van der Waals surface area contributed by atoms with Crippen LogP contribution in [0.2, 0.25) is 0 Å². The second-order valence-corrected chi connectivity index (χ2v) is 6.12. The van der Waals surface area contributed by atoms with Gasteiger partial charge < -0.3 is 16.4 Å². The zero-order valence-electron chi connectivity index (χ0n) is 14.8. The molecule has 3 rings (SSSR count). The summed E-state index contributed by atoms with van der Waals surface area (Å²) in [5, 5.41) is 5.84. The molecule has 144 valence electrons. The number of hydrogen-bond acceptors (Lipinski definition) is 5. The third-order valence-corrected chi connectivity index (χ3v) is 3.86. The number of anilines is 3. The van der Waals surface area contributed by atoms with Crippen molar-refractivity contribution in [2.24, 2.45) is 0 Å². The van der Waals surface area contributed by atoms with Crippen molar-refractivity contribution in [3.05, 3.63) is 90.1 Å². The van der Waals surface area contributed by atoms with Gasteiger partial charge in [-0.1, -0.05) is 24.8 Å². The minimum atomic E-state index is -4.39. The zero-order chi connectivity index (χ0) is 20.1. The van der Waals surface area contributed by atoms with E-state index < -0.39 is 11.7 Å². The Kier molecular flexibility index (Phi) is 5.49. The molecule has 0 aliphatic rings. The van der Waals surface area contributed by atoms with Crippen LogP contribution in [-0.2, 0) is 12.6 Å². The molecule has 0 aliphatic heterocycles. The van der Waals surface area contributed by atoms with Gasteiger partial charge in [0.2, 0.25) is 0 Å². The summed E-state index contributed by atoms with van der Waals surface area (Å²) >= 11 is 0. The van der Waals surface area contributed by atoms with E-state index in [9.17, 15) is 13.2 Å². The van der Waals surface area contributed by atoms with Crippen molar-refractivity contribution >= 4 is 17.2 Å². The van der Waals surface area contributed by atoms with Crippen LogP contribution in [0.15, 0.2) is 73.3 Å². The highest BCUT2D eigenvalue weighted by Crippen LogP contribution is 2.30. The lowest BCUT2D eigenvalue weighted by atomic mass is 10.1. The first-order valence-electron chi connectivity index (χ1n) is 8.35. The summed E-state index contributed by atoms with van der Waals surface area (Å²) in [7, 11) is 0. The molecule has 28 heavy (non-hydrogen) atoms. The summed E-state index contributed by atoms with van der Waals surface area (Å²) in [6.45, 7) is 3.80. The Labute approximate surface area is 160 Å². The van der Waals surface area contributed by atoms with Crippen LogP contribution in [0.4, 0.5) is 30.4 Å². The lowest BCUT2D eigenvalue weighted by molar-refractivity contribution is -0.137. The van der Waals surface area contributed by atoms with E-state index in [0.717, 1.165) is 29.1 Å². The first-order valence-corrected chi connectivity index (χ1v) is 8.35. The molecule has 0 fully saturated rings. The molecule has 0 amide bonds. The van der Waals surface area contributed by atoms with Crippen LogP contribution in [0.3, 0.4) is 0 Å². The molecule has 1 heterocycles. The van der Waals surface area contributed by atoms with Crippen LogP contribution >= 0.6 is 0 Å². The number of nitrogens with two attached hydrogens (primary N) is 1. The van der Waals surface area contributed by atoms with Gasteiger partial charge in [-0.3, -0.25) is 0 Å². The highest BCUT2D eigenvalue weighted by atomic mass is 19.4. The molecule has 0 saturated heterocycles. The summed E-state index contributed by atoms with van der Waals surface area (Å²) in [5.74, 6) is 0.774. The largest absolute Gasteiger partial charge is 0.416 e. The molecule has 0 aliphatic carbocycles. The predicted octanol–water partition coefficient (Wildman–Crippen LogP) is 4.66. The van der Waals surface area contributed by atoms with E-state index in [4.69, 9.17) is 5.73 Å². The average molecular weight is 385 g/mol. The van der Waals surface area contributed by atoms with E-state index in [1.165, 1.54) is 12.4 Å². The molecule has 0 bridgehead atoms. The van der Waals surface area contributed by atoms with E-state index in [0.29, 0.717) is 23.7 Å². The van der Waals surface area contributed by atoms with Crippen molar-refractivity contribution in [3.8, 4) is 0 Å². The number of benzene rings is 2. The van der Waals surface area contributed by atoms with Gasteiger partial charge in [0.05, 0.1) is 11.3 Å². The average Bonchev–Trinajstić information content (AvgIpc) is 2.63. The van der Waals surface area contributed by atoms with Gasteiger partial charge in [0.1, 0.15) is 18.0 Å². The molecule has 0 radical (unpaired) electrons. The summed E-state index contributed by atoms with van der Waals surface area (Å²) < 4.78 is 38.4. The van der Waals surface area contributed by atoms with Gasteiger partial charge in [-0.05, 0) is 35.9 Å². The Morgan fingerprint density at radius 1 is 0.964 bits per heavy atom. The number of aromatic nitrogens is 2. The van der Waals surface area contributed by atoms with Crippen molar-refractivity contribution in [1.82, 2.24) is 9.97 Å². The third kappa shape index (κ3) is 5.23. The highest BCUT2D eigenvalue weighted by molar-refractivity contribution is 5.56. The molecular formula is C20H18F3N5. The quantitative estimate of drug-likeness (QED) is 0.575. The van der Waals surface area contributed by atoms with Gasteiger partial charge >= 0.3 is 6.18 Å². The van der Waals surface area contributed by atoms with Gasteiger partial charge in [-0.25, -0.2) is 9.97 Å². The van der Waals surface area contributed by atoms with E-state index in [-0.39, 0.29) is 0 Å². The Balaban J connectivity index is 1.60. The topological polar surface area (TPSA) is 75.9 Å². The van der Waals surface area contributed by atoms with E-state index in [2.05, 4.69) is 27.2 Å². The number of halogens is 3. The van der Waals surface area contributed by atoms with Crippen molar-refractivity contribution in [2.45, 2.75) is 12.6 Å². The summed E-state index contributed by atoms with van der Waals surface area (Å²) in [5.41, 5.74) is 7.80. The maximum atomic E-state index is 12.8. The van der Waals surface area contributed by atoms with Gasteiger partial charge in [0.25, 0.3) is 0 Å². The number of alkyl halides is 3. The van der Waals surface area contributed by atoms with E-state index >= 15 is 0 Å². The summed E-state index contributed by atoms with van der Waals surface area (Å²) in [6.07, 6.45) is -2.36. The normalized spacial score (nSPS) is 11.1. The molecule has 0 unspecified atom stereocenters. The number of hydrogen-bond donors (Lipinski definition) is 3. The van der Waals surface area contributed by atoms with Crippen LogP contribution in [0.1, 0.15) is 16.8 Å². The number of rotatable bonds is 6. The molecule has 1 aromatic heterocycles. The fourth-order valence-electron chi connectivity index (χ4n) is 2.58. The maximum Gasteiger partial charge on any atom is 0.416 e. The summed E-state index contributed by atoms with van der Waals surface area (Å²) in [4.78, 5) is 8.02. The number of nitrogens with one attached hydrogen (secondary N) is 2.